The van der Waals surface area contributed by atoms with E-state index >= 15 is 0 Å². The van der Waals surface area contributed by atoms with E-state index in [0.29, 0.717) is 0 Å². The number of hydrogen-bond acceptors (Lipinski definition) is 2. The van der Waals surface area contributed by atoms with Crippen molar-refractivity contribution in [3.05, 3.63) is 120 Å². The Hall–Kier alpha value is -2.78. The summed E-state index contributed by atoms with van der Waals surface area (Å²) in [6.45, 7) is 6.08. The Kier molecular flexibility index (Phi) is 8.41. The Morgan fingerprint density at radius 2 is 1.25 bits per heavy atom. The van der Waals surface area contributed by atoms with Gasteiger partial charge in [-0.1, -0.05) is 97.1 Å². The van der Waals surface area contributed by atoms with Crippen molar-refractivity contribution in [2.45, 2.75) is 31.6 Å². The molecular formula is C31H34NO2PS. The highest BCUT2D eigenvalue weighted by molar-refractivity contribution is 7.84. The van der Waals surface area contributed by atoms with Crippen LogP contribution in [-0.2, 0) is 11.0 Å². The van der Waals surface area contributed by atoms with Gasteiger partial charge in [0, 0.05) is 7.05 Å². The van der Waals surface area contributed by atoms with Crippen LogP contribution in [0.4, 0.5) is 0 Å². The molecule has 0 spiro atoms. The lowest BCUT2D eigenvalue weighted by Gasteiger charge is -2.35. The third-order valence-corrected chi connectivity index (χ3v) is 10.4. The van der Waals surface area contributed by atoms with Crippen LogP contribution in [0.2, 0.25) is 0 Å². The minimum absolute atomic E-state index is 0.190. The third kappa shape index (κ3) is 5.78. The van der Waals surface area contributed by atoms with Gasteiger partial charge in [0.1, 0.15) is 16.7 Å². The highest BCUT2D eigenvalue weighted by atomic mass is 32.2. The fourth-order valence-electron chi connectivity index (χ4n) is 4.40. The smallest absolute Gasteiger partial charge is 0.118 e. The molecule has 4 aromatic carbocycles. The van der Waals surface area contributed by atoms with Crippen molar-refractivity contribution in [1.82, 2.24) is 4.31 Å². The number of ether oxygens (including phenoxy) is 1. The molecule has 186 valence electrons. The molecule has 0 bridgehead atoms. The quantitative estimate of drug-likeness (QED) is 0.272. The molecule has 0 radical (unpaired) electrons. The third-order valence-electron chi connectivity index (χ3n) is 6.08. The van der Waals surface area contributed by atoms with Gasteiger partial charge in [0.2, 0.25) is 0 Å². The zero-order chi connectivity index (χ0) is 25.7. The van der Waals surface area contributed by atoms with Gasteiger partial charge in [-0.25, -0.2) is 8.51 Å². The van der Waals surface area contributed by atoms with Crippen molar-refractivity contribution >= 4 is 34.8 Å². The Morgan fingerprint density at radius 1 is 0.750 bits per heavy atom. The van der Waals surface area contributed by atoms with Gasteiger partial charge in [-0.15, -0.1) is 0 Å². The maximum Gasteiger partial charge on any atom is 0.118 e. The zero-order valence-electron chi connectivity index (χ0n) is 21.6. The average Bonchev–Trinajstić information content (AvgIpc) is 2.90. The standard InChI is InChI=1S/C31H34NO2PS/c1-31(2,3)36(33)32(4)30(24-20-22-25(34-5)23-21-24)28-18-12-13-19-29(28)35(26-14-8-6-9-15-26)27-16-10-7-11-17-27/h6-23,30H,1-5H3/t30-,36-/m1/s1. The van der Waals surface area contributed by atoms with Gasteiger partial charge in [-0.2, -0.15) is 0 Å². The minimum Gasteiger partial charge on any atom is -0.497 e. The topological polar surface area (TPSA) is 29.5 Å². The molecule has 0 aliphatic heterocycles. The maximum absolute atomic E-state index is 13.7. The van der Waals surface area contributed by atoms with Crippen molar-refractivity contribution in [3.63, 3.8) is 0 Å². The van der Waals surface area contributed by atoms with Crippen LogP contribution < -0.4 is 20.7 Å². The number of nitrogens with zero attached hydrogens (tertiary/aromatic N) is 1. The summed E-state index contributed by atoms with van der Waals surface area (Å²) in [7, 11) is 1.61. The van der Waals surface area contributed by atoms with Gasteiger partial charge in [-0.3, -0.25) is 0 Å². The van der Waals surface area contributed by atoms with Gasteiger partial charge >= 0.3 is 0 Å². The first-order chi connectivity index (χ1) is 17.3. The normalized spacial score (nSPS) is 13.5. The number of benzene rings is 4. The SMILES string of the molecule is COc1ccc([C@H](c2ccccc2P(c2ccccc2)c2ccccc2)N(C)[S@](=O)C(C)(C)C)cc1. The minimum atomic E-state index is -1.22. The predicted octanol–water partition coefficient (Wildman–Crippen LogP) is 5.94. The highest BCUT2D eigenvalue weighted by Crippen LogP contribution is 2.39. The fourth-order valence-corrected chi connectivity index (χ4v) is 8.18. The van der Waals surface area contributed by atoms with E-state index in [9.17, 15) is 4.21 Å². The van der Waals surface area contributed by atoms with Gasteiger partial charge < -0.3 is 4.74 Å². The first-order valence-corrected chi connectivity index (χ1v) is 14.5. The molecule has 0 heterocycles. The second kappa shape index (κ2) is 11.5. The van der Waals surface area contributed by atoms with E-state index in [4.69, 9.17) is 4.74 Å². The van der Waals surface area contributed by atoms with E-state index in [1.807, 2.05) is 44.3 Å². The summed E-state index contributed by atoms with van der Waals surface area (Å²) in [5, 5.41) is 3.85. The molecular weight excluding hydrogens is 481 g/mol. The van der Waals surface area contributed by atoms with Crippen LogP contribution in [-0.4, -0.2) is 27.4 Å². The number of hydrogen-bond donors (Lipinski definition) is 0. The van der Waals surface area contributed by atoms with Gasteiger partial charge in [0.15, 0.2) is 0 Å². The Morgan fingerprint density at radius 3 is 1.75 bits per heavy atom. The first kappa shape index (κ1) is 26.3. The van der Waals surface area contributed by atoms with Crippen LogP contribution in [0.5, 0.6) is 5.75 Å². The lowest BCUT2D eigenvalue weighted by molar-refractivity contribution is 0.413. The van der Waals surface area contributed by atoms with Gasteiger partial charge in [-0.05, 0) is 67.9 Å². The summed E-state index contributed by atoms with van der Waals surface area (Å²) in [6, 6.07) is 38.0. The average molecular weight is 516 g/mol. The molecule has 4 aromatic rings. The van der Waals surface area contributed by atoms with E-state index in [0.717, 1.165) is 11.3 Å². The lowest BCUT2D eigenvalue weighted by Crippen LogP contribution is -2.39. The van der Waals surface area contributed by atoms with E-state index in [1.54, 1.807) is 7.11 Å². The number of methoxy groups -OCH3 is 1. The molecule has 0 N–H and O–H groups in total. The van der Waals surface area contributed by atoms with Crippen molar-refractivity contribution in [1.29, 1.82) is 0 Å². The predicted molar refractivity (Wildman–Crippen MR) is 156 cm³/mol. The fraction of sp³-hybridized carbons (Fsp3) is 0.226. The molecule has 0 unspecified atom stereocenters. The summed E-state index contributed by atoms with van der Waals surface area (Å²) in [4.78, 5) is 0. The molecule has 0 fully saturated rings. The zero-order valence-corrected chi connectivity index (χ0v) is 23.3. The molecule has 3 nitrogen and oxygen atoms in total. The summed E-state index contributed by atoms with van der Waals surface area (Å²) >= 11 is 0. The van der Waals surface area contributed by atoms with Crippen molar-refractivity contribution in [2.75, 3.05) is 14.2 Å². The highest BCUT2D eigenvalue weighted by Gasteiger charge is 2.33. The van der Waals surface area contributed by atoms with E-state index < -0.39 is 23.7 Å². The van der Waals surface area contributed by atoms with Gasteiger partial charge in [0.05, 0.1) is 17.9 Å². The van der Waals surface area contributed by atoms with Crippen molar-refractivity contribution < 1.29 is 8.95 Å². The largest absolute Gasteiger partial charge is 0.497 e. The van der Waals surface area contributed by atoms with Crippen LogP contribution in [0.25, 0.3) is 0 Å². The summed E-state index contributed by atoms with van der Waals surface area (Å²) in [5.74, 6) is 0.807. The van der Waals surface area contributed by atoms with Crippen LogP contribution in [0, 0.1) is 0 Å². The molecule has 0 amide bonds. The van der Waals surface area contributed by atoms with Crippen molar-refractivity contribution in [2.24, 2.45) is 0 Å². The molecule has 0 aliphatic rings. The molecule has 0 saturated heterocycles. The molecule has 4 rings (SSSR count). The van der Waals surface area contributed by atoms with Crippen LogP contribution >= 0.6 is 7.92 Å². The van der Waals surface area contributed by atoms with Crippen LogP contribution in [0.3, 0.4) is 0 Å². The Labute approximate surface area is 219 Å². The first-order valence-electron chi connectivity index (χ1n) is 12.1. The summed E-state index contributed by atoms with van der Waals surface area (Å²) in [6.07, 6.45) is 0. The van der Waals surface area contributed by atoms with Crippen LogP contribution in [0.1, 0.15) is 37.9 Å². The second-order valence-electron chi connectivity index (χ2n) is 9.65. The number of rotatable bonds is 8. The lowest BCUT2D eigenvalue weighted by atomic mass is 9.98. The van der Waals surface area contributed by atoms with Gasteiger partial charge in [0.25, 0.3) is 0 Å². The maximum atomic E-state index is 13.7. The molecule has 5 heteroatoms. The van der Waals surface area contributed by atoms with E-state index in [1.165, 1.54) is 21.5 Å². The molecule has 0 aliphatic carbocycles. The second-order valence-corrected chi connectivity index (χ2v) is 14.1. The molecule has 2 atom stereocenters. The van der Waals surface area contributed by atoms with Crippen LogP contribution in [0.15, 0.2) is 109 Å². The van der Waals surface area contributed by atoms with Crippen molar-refractivity contribution in [3.8, 4) is 5.75 Å². The van der Waals surface area contributed by atoms with E-state index in [2.05, 4.69) is 97.1 Å². The van der Waals surface area contributed by atoms with E-state index in [-0.39, 0.29) is 6.04 Å². The molecule has 0 aromatic heterocycles. The molecule has 36 heavy (non-hydrogen) atoms. The Bertz CT molecular complexity index is 1250. The summed E-state index contributed by atoms with van der Waals surface area (Å²) in [5.41, 5.74) is 2.25. The molecule has 0 saturated carbocycles. The Balaban J connectivity index is 1.94. The summed E-state index contributed by atoms with van der Waals surface area (Å²) < 4.78 is 20.8. The monoisotopic (exact) mass is 515 g/mol.